The summed E-state index contributed by atoms with van der Waals surface area (Å²) in [7, 11) is 1.75. The molecule has 1 aromatic carbocycles. The number of carbonyl (C=O) groups excluding carboxylic acids is 1. The van der Waals surface area contributed by atoms with Crippen LogP contribution in [0.25, 0.3) is 0 Å². The number of hydrogen-bond donors (Lipinski definition) is 0. The summed E-state index contributed by atoms with van der Waals surface area (Å²) in [4.78, 5) is 11.7. The fraction of sp³-hybridized carbons (Fsp3) is 0.167. The van der Waals surface area contributed by atoms with Crippen LogP contribution in [0.5, 0.6) is 0 Å². The second-order valence-electron chi connectivity index (χ2n) is 3.57. The molecule has 0 aliphatic rings. The van der Waals surface area contributed by atoms with Crippen molar-refractivity contribution < 1.29 is 9.53 Å². The van der Waals surface area contributed by atoms with Crippen LogP contribution in [-0.4, -0.2) is 15.7 Å². The van der Waals surface area contributed by atoms with E-state index in [4.69, 9.17) is 4.74 Å². The topological polar surface area (TPSA) is 44.1 Å². The molecular weight excluding hydrogens is 284 g/mol. The molecule has 88 valence electrons. The number of hydrogen-bond acceptors (Lipinski definition) is 3. The Morgan fingerprint density at radius 2 is 2.24 bits per heavy atom. The van der Waals surface area contributed by atoms with Crippen molar-refractivity contribution >= 4 is 21.9 Å². The van der Waals surface area contributed by atoms with E-state index in [0.717, 1.165) is 10.0 Å². The maximum absolute atomic E-state index is 11.7. The van der Waals surface area contributed by atoms with Crippen molar-refractivity contribution in [2.24, 2.45) is 7.05 Å². The molecule has 0 bridgehead atoms. The Morgan fingerprint density at radius 3 is 2.88 bits per heavy atom. The van der Waals surface area contributed by atoms with Gasteiger partial charge < -0.3 is 4.74 Å². The standard InChI is InChI=1S/C12H11BrN2O2/c1-15-7-10(6-14-15)12(16)17-8-9-4-2-3-5-11(9)13/h2-7H,8H2,1H3. The average Bonchev–Trinajstić information content (AvgIpc) is 2.74. The number of carbonyl (C=O) groups is 1. The van der Waals surface area contributed by atoms with Gasteiger partial charge in [0, 0.05) is 23.3 Å². The zero-order chi connectivity index (χ0) is 12.3. The highest BCUT2D eigenvalue weighted by Gasteiger charge is 2.10. The molecule has 0 amide bonds. The molecule has 0 spiro atoms. The molecule has 0 saturated heterocycles. The van der Waals surface area contributed by atoms with Gasteiger partial charge in [-0.25, -0.2) is 4.79 Å². The van der Waals surface area contributed by atoms with Crippen LogP contribution < -0.4 is 0 Å². The highest BCUT2D eigenvalue weighted by atomic mass is 79.9. The first kappa shape index (κ1) is 11.9. The summed E-state index contributed by atoms with van der Waals surface area (Å²) < 4.78 is 7.68. The highest BCUT2D eigenvalue weighted by molar-refractivity contribution is 9.10. The van der Waals surface area contributed by atoms with E-state index in [9.17, 15) is 4.79 Å². The van der Waals surface area contributed by atoms with E-state index < -0.39 is 0 Å². The molecule has 0 aliphatic carbocycles. The molecule has 0 saturated carbocycles. The Balaban J connectivity index is 1.99. The quantitative estimate of drug-likeness (QED) is 0.817. The van der Waals surface area contributed by atoms with E-state index in [2.05, 4.69) is 21.0 Å². The normalized spacial score (nSPS) is 10.2. The minimum atomic E-state index is -0.367. The molecule has 0 N–H and O–H groups in total. The molecule has 0 fully saturated rings. The number of rotatable bonds is 3. The second-order valence-corrected chi connectivity index (χ2v) is 4.42. The van der Waals surface area contributed by atoms with Crippen molar-refractivity contribution in [2.75, 3.05) is 0 Å². The van der Waals surface area contributed by atoms with Crippen LogP contribution in [0.3, 0.4) is 0 Å². The van der Waals surface area contributed by atoms with Crippen molar-refractivity contribution in [3.63, 3.8) is 0 Å². The minimum Gasteiger partial charge on any atom is -0.457 e. The minimum absolute atomic E-state index is 0.245. The molecule has 17 heavy (non-hydrogen) atoms. The summed E-state index contributed by atoms with van der Waals surface area (Å²) in [6, 6.07) is 7.63. The first-order valence-corrected chi connectivity index (χ1v) is 5.85. The maximum atomic E-state index is 11.7. The summed E-state index contributed by atoms with van der Waals surface area (Å²) >= 11 is 3.40. The summed E-state index contributed by atoms with van der Waals surface area (Å²) in [6.45, 7) is 0.245. The third-order valence-electron chi connectivity index (χ3n) is 2.26. The second kappa shape index (κ2) is 5.14. The number of esters is 1. The molecule has 0 atom stereocenters. The first-order chi connectivity index (χ1) is 8.16. The smallest absolute Gasteiger partial charge is 0.341 e. The lowest BCUT2D eigenvalue weighted by Crippen LogP contribution is -2.04. The lowest BCUT2D eigenvalue weighted by Gasteiger charge is -2.05. The van der Waals surface area contributed by atoms with Gasteiger partial charge in [0.15, 0.2) is 0 Å². The van der Waals surface area contributed by atoms with Crippen LogP contribution >= 0.6 is 15.9 Å². The molecule has 2 rings (SSSR count). The third kappa shape index (κ3) is 2.94. The van der Waals surface area contributed by atoms with Gasteiger partial charge in [-0.3, -0.25) is 4.68 Å². The van der Waals surface area contributed by atoms with Crippen molar-refractivity contribution in [2.45, 2.75) is 6.61 Å². The van der Waals surface area contributed by atoms with Crippen molar-refractivity contribution in [1.29, 1.82) is 0 Å². The third-order valence-corrected chi connectivity index (χ3v) is 3.03. The summed E-state index contributed by atoms with van der Waals surface area (Å²) in [5, 5.41) is 3.92. The number of ether oxygens (including phenoxy) is 1. The highest BCUT2D eigenvalue weighted by Crippen LogP contribution is 2.17. The van der Waals surface area contributed by atoms with Gasteiger partial charge in [-0.2, -0.15) is 5.10 Å². The van der Waals surface area contributed by atoms with Crippen molar-refractivity contribution in [3.8, 4) is 0 Å². The summed E-state index contributed by atoms with van der Waals surface area (Å²) in [5.41, 5.74) is 1.39. The lowest BCUT2D eigenvalue weighted by molar-refractivity contribution is 0.0472. The van der Waals surface area contributed by atoms with Crippen LogP contribution in [0.2, 0.25) is 0 Å². The van der Waals surface area contributed by atoms with Gasteiger partial charge in [-0.1, -0.05) is 34.1 Å². The van der Waals surface area contributed by atoms with Gasteiger partial charge in [-0.05, 0) is 6.07 Å². The number of halogens is 1. The Morgan fingerprint density at radius 1 is 1.47 bits per heavy atom. The zero-order valence-corrected chi connectivity index (χ0v) is 10.8. The van der Waals surface area contributed by atoms with Gasteiger partial charge in [0.25, 0.3) is 0 Å². The maximum Gasteiger partial charge on any atom is 0.341 e. The number of nitrogens with zero attached hydrogens (tertiary/aromatic N) is 2. The Hall–Kier alpha value is -1.62. The average molecular weight is 295 g/mol. The Bertz CT molecular complexity index is 537. The molecule has 4 nitrogen and oxygen atoms in total. The van der Waals surface area contributed by atoms with E-state index in [1.54, 1.807) is 17.9 Å². The summed E-state index contributed by atoms with van der Waals surface area (Å²) in [5.74, 6) is -0.367. The SMILES string of the molecule is Cn1cc(C(=O)OCc2ccccc2Br)cn1. The van der Waals surface area contributed by atoms with Crippen LogP contribution in [0, 0.1) is 0 Å². The molecule has 1 heterocycles. The van der Waals surface area contributed by atoms with Crippen LogP contribution in [-0.2, 0) is 18.4 Å². The molecule has 0 aliphatic heterocycles. The van der Waals surface area contributed by atoms with E-state index in [1.807, 2.05) is 24.3 Å². The predicted octanol–water partition coefficient (Wildman–Crippen LogP) is 2.54. The number of aromatic nitrogens is 2. The Kier molecular flexibility index (Phi) is 3.58. The monoisotopic (exact) mass is 294 g/mol. The Labute approximate surface area is 107 Å². The predicted molar refractivity (Wildman–Crippen MR) is 66.5 cm³/mol. The van der Waals surface area contributed by atoms with E-state index in [-0.39, 0.29) is 12.6 Å². The fourth-order valence-corrected chi connectivity index (χ4v) is 1.77. The first-order valence-electron chi connectivity index (χ1n) is 5.06. The van der Waals surface area contributed by atoms with Gasteiger partial charge in [0.05, 0.1) is 11.8 Å². The molecule has 2 aromatic rings. The van der Waals surface area contributed by atoms with Crippen molar-refractivity contribution in [1.82, 2.24) is 9.78 Å². The van der Waals surface area contributed by atoms with Crippen LogP contribution in [0.1, 0.15) is 15.9 Å². The van der Waals surface area contributed by atoms with E-state index in [0.29, 0.717) is 5.56 Å². The molecular formula is C12H11BrN2O2. The van der Waals surface area contributed by atoms with Crippen molar-refractivity contribution in [3.05, 3.63) is 52.3 Å². The van der Waals surface area contributed by atoms with Crippen LogP contribution in [0.4, 0.5) is 0 Å². The summed E-state index contributed by atoms with van der Waals surface area (Å²) in [6.07, 6.45) is 3.12. The van der Waals surface area contributed by atoms with Gasteiger partial charge in [0.1, 0.15) is 6.61 Å². The molecule has 0 radical (unpaired) electrons. The number of benzene rings is 1. The van der Waals surface area contributed by atoms with Crippen LogP contribution in [0.15, 0.2) is 41.1 Å². The number of aryl methyl sites for hydroxylation is 1. The van der Waals surface area contributed by atoms with Gasteiger partial charge in [-0.15, -0.1) is 0 Å². The van der Waals surface area contributed by atoms with E-state index in [1.165, 1.54) is 6.20 Å². The zero-order valence-electron chi connectivity index (χ0n) is 9.26. The fourth-order valence-electron chi connectivity index (χ4n) is 1.37. The largest absolute Gasteiger partial charge is 0.457 e. The van der Waals surface area contributed by atoms with Gasteiger partial charge in [0.2, 0.25) is 0 Å². The molecule has 0 unspecified atom stereocenters. The molecule has 1 aromatic heterocycles. The van der Waals surface area contributed by atoms with E-state index >= 15 is 0 Å². The lowest BCUT2D eigenvalue weighted by atomic mass is 10.2. The van der Waals surface area contributed by atoms with Gasteiger partial charge >= 0.3 is 5.97 Å². The molecule has 5 heteroatoms.